The topological polar surface area (TPSA) is 35.8 Å². The molecule has 1 rings (SSSR count). The number of hydrogen-bond acceptors (Lipinski definition) is 2. The summed E-state index contributed by atoms with van der Waals surface area (Å²) in [5.41, 5.74) is 1.58. The van der Waals surface area contributed by atoms with Crippen LogP contribution in [0.3, 0.4) is 0 Å². The van der Waals surface area contributed by atoms with Gasteiger partial charge < -0.3 is 5.32 Å². The zero-order valence-electron chi connectivity index (χ0n) is 11.0. The summed E-state index contributed by atoms with van der Waals surface area (Å²) in [6, 6.07) is 13.0. The molecular weight excluding hydrogens is 208 g/mol. The van der Waals surface area contributed by atoms with Gasteiger partial charge in [-0.1, -0.05) is 51.1 Å². The Bertz CT molecular complexity index is 357. The summed E-state index contributed by atoms with van der Waals surface area (Å²) >= 11 is 0. The highest BCUT2D eigenvalue weighted by molar-refractivity contribution is 5.19. The fourth-order valence-corrected chi connectivity index (χ4v) is 1.91. The van der Waals surface area contributed by atoms with E-state index >= 15 is 0 Å². The van der Waals surface area contributed by atoms with Crippen molar-refractivity contribution in [2.24, 2.45) is 5.41 Å². The van der Waals surface area contributed by atoms with E-state index in [1.54, 1.807) is 0 Å². The van der Waals surface area contributed by atoms with E-state index < -0.39 is 0 Å². The molecule has 1 aromatic carbocycles. The van der Waals surface area contributed by atoms with Crippen molar-refractivity contribution in [1.82, 2.24) is 5.32 Å². The smallest absolute Gasteiger partial charge is 0.0635 e. The Morgan fingerprint density at radius 2 is 1.88 bits per heavy atom. The van der Waals surface area contributed by atoms with Gasteiger partial charge in [0.25, 0.3) is 0 Å². The first-order valence-corrected chi connectivity index (χ1v) is 6.18. The van der Waals surface area contributed by atoms with Gasteiger partial charge in [-0.25, -0.2) is 0 Å². The quantitative estimate of drug-likeness (QED) is 0.783. The number of nitrogens with one attached hydrogen (secondary N) is 1. The van der Waals surface area contributed by atoms with Gasteiger partial charge in [0.15, 0.2) is 0 Å². The molecule has 1 unspecified atom stereocenters. The van der Waals surface area contributed by atoms with E-state index in [1.807, 2.05) is 6.07 Å². The molecule has 17 heavy (non-hydrogen) atoms. The molecule has 92 valence electrons. The summed E-state index contributed by atoms with van der Waals surface area (Å²) in [6.07, 6.45) is 1.63. The van der Waals surface area contributed by atoms with Gasteiger partial charge in [0.1, 0.15) is 0 Å². The Labute approximate surface area is 105 Å². The lowest BCUT2D eigenvalue weighted by atomic mass is 9.85. The van der Waals surface area contributed by atoms with Crippen molar-refractivity contribution >= 4 is 0 Å². The van der Waals surface area contributed by atoms with Gasteiger partial charge in [0, 0.05) is 19.0 Å². The van der Waals surface area contributed by atoms with E-state index in [9.17, 15) is 0 Å². The van der Waals surface area contributed by atoms with Crippen LogP contribution in [0.1, 0.15) is 45.2 Å². The maximum atomic E-state index is 8.59. The van der Waals surface area contributed by atoms with Crippen LogP contribution in [0.25, 0.3) is 0 Å². The average molecular weight is 230 g/mol. The molecule has 0 heterocycles. The van der Waals surface area contributed by atoms with Crippen LogP contribution in [-0.2, 0) is 0 Å². The van der Waals surface area contributed by atoms with Crippen molar-refractivity contribution in [1.29, 1.82) is 5.26 Å². The van der Waals surface area contributed by atoms with E-state index in [1.165, 1.54) is 5.56 Å². The van der Waals surface area contributed by atoms with Gasteiger partial charge >= 0.3 is 0 Å². The van der Waals surface area contributed by atoms with Crippen LogP contribution < -0.4 is 5.32 Å². The predicted molar refractivity (Wildman–Crippen MR) is 71.5 cm³/mol. The maximum absolute atomic E-state index is 8.59. The molecule has 2 heteroatoms. The Morgan fingerprint density at radius 1 is 1.24 bits per heavy atom. The molecule has 1 atom stereocenters. The second-order valence-electron chi connectivity index (χ2n) is 5.59. The number of benzene rings is 1. The van der Waals surface area contributed by atoms with Gasteiger partial charge in [-0.05, 0) is 17.4 Å². The third-order valence-corrected chi connectivity index (χ3v) is 2.65. The summed E-state index contributed by atoms with van der Waals surface area (Å²) in [5, 5.41) is 12.1. The van der Waals surface area contributed by atoms with Crippen molar-refractivity contribution < 1.29 is 0 Å². The van der Waals surface area contributed by atoms with E-state index in [-0.39, 0.29) is 5.41 Å². The second-order valence-corrected chi connectivity index (χ2v) is 5.59. The highest BCUT2D eigenvalue weighted by atomic mass is 14.9. The zero-order valence-corrected chi connectivity index (χ0v) is 11.0. The van der Waals surface area contributed by atoms with Gasteiger partial charge in [-0.15, -0.1) is 0 Å². The van der Waals surface area contributed by atoms with Crippen LogP contribution in [0.15, 0.2) is 30.3 Å². The molecule has 0 fully saturated rings. The molecule has 0 aromatic heterocycles. The van der Waals surface area contributed by atoms with Gasteiger partial charge in [0.05, 0.1) is 6.07 Å². The summed E-state index contributed by atoms with van der Waals surface area (Å²) in [7, 11) is 0. The predicted octanol–water partition coefficient (Wildman–Crippen LogP) is 3.67. The standard InChI is InChI=1S/C15H22N2/c1-15(2,3)12-14(17-11-7-10-16)13-8-5-4-6-9-13/h4-6,8-9,14,17H,7,11-12H2,1-3H3. The van der Waals surface area contributed by atoms with E-state index in [0.717, 1.165) is 13.0 Å². The van der Waals surface area contributed by atoms with Crippen molar-refractivity contribution in [3.63, 3.8) is 0 Å². The summed E-state index contributed by atoms with van der Waals surface area (Å²) in [5.74, 6) is 0. The number of hydrogen-bond donors (Lipinski definition) is 1. The van der Waals surface area contributed by atoms with Crippen LogP contribution in [0, 0.1) is 16.7 Å². The van der Waals surface area contributed by atoms with Crippen LogP contribution in [-0.4, -0.2) is 6.54 Å². The summed E-state index contributed by atoms with van der Waals surface area (Å²) in [6.45, 7) is 7.49. The summed E-state index contributed by atoms with van der Waals surface area (Å²) in [4.78, 5) is 0. The first-order valence-electron chi connectivity index (χ1n) is 6.18. The summed E-state index contributed by atoms with van der Waals surface area (Å²) < 4.78 is 0. The normalized spacial score (nSPS) is 13.1. The van der Waals surface area contributed by atoms with Crippen molar-refractivity contribution in [2.45, 2.75) is 39.7 Å². The fraction of sp³-hybridized carbons (Fsp3) is 0.533. The first kappa shape index (κ1) is 13.7. The van der Waals surface area contributed by atoms with E-state index in [0.29, 0.717) is 12.5 Å². The number of nitriles is 1. The average Bonchev–Trinajstić information content (AvgIpc) is 2.28. The van der Waals surface area contributed by atoms with Crippen molar-refractivity contribution in [3.8, 4) is 6.07 Å². The SMILES string of the molecule is CC(C)(C)CC(NCCC#N)c1ccccc1. The Balaban J connectivity index is 2.69. The molecule has 0 amide bonds. The van der Waals surface area contributed by atoms with Crippen LogP contribution in [0.5, 0.6) is 0 Å². The fourth-order valence-electron chi connectivity index (χ4n) is 1.91. The lowest BCUT2D eigenvalue weighted by Gasteiger charge is -2.27. The Hall–Kier alpha value is -1.33. The molecule has 0 saturated heterocycles. The lowest BCUT2D eigenvalue weighted by molar-refractivity contribution is 0.312. The molecule has 0 aliphatic heterocycles. The van der Waals surface area contributed by atoms with Crippen molar-refractivity contribution in [3.05, 3.63) is 35.9 Å². The zero-order chi connectivity index (χ0) is 12.7. The number of rotatable bonds is 5. The highest BCUT2D eigenvalue weighted by Gasteiger charge is 2.19. The second kappa shape index (κ2) is 6.42. The molecule has 0 aliphatic carbocycles. The molecule has 1 N–H and O–H groups in total. The molecule has 0 radical (unpaired) electrons. The van der Waals surface area contributed by atoms with Gasteiger partial charge in [0.2, 0.25) is 0 Å². The molecule has 0 spiro atoms. The van der Waals surface area contributed by atoms with Crippen LogP contribution in [0.4, 0.5) is 0 Å². The Morgan fingerprint density at radius 3 is 2.41 bits per heavy atom. The third kappa shape index (κ3) is 5.51. The third-order valence-electron chi connectivity index (χ3n) is 2.65. The minimum Gasteiger partial charge on any atom is -0.309 e. The van der Waals surface area contributed by atoms with E-state index in [2.05, 4.69) is 56.4 Å². The largest absolute Gasteiger partial charge is 0.309 e. The highest BCUT2D eigenvalue weighted by Crippen LogP contribution is 2.29. The van der Waals surface area contributed by atoms with Gasteiger partial charge in [-0.3, -0.25) is 0 Å². The van der Waals surface area contributed by atoms with Crippen LogP contribution >= 0.6 is 0 Å². The van der Waals surface area contributed by atoms with Crippen LogP contribution in [0.2, 0.25) is 0 Å². The Kier molecular flexibility index (Phi) is 5.18. The minimum atomic E-state index is 0.278. The maximum Gasteiger partial charge on any atom is 0.0635 e. The van der Waals surface area contributed by atoms with E-state index in [4.69, 9.17) is 5.26 Å². The monoisotopic (exact) mass is 230 g/mol. The molecule has 1 aromatic rings. The number of nitrogens with zero attached hydrogens (tertiary/aromatic N) is 1. The molecule has 0 bridgehead atoms. The molecule has 2 nitrogen and oxygen atoms in total. The first-order chi connectivity index (χ1) is 8.03. The van der Waals surface area contributed by atoms with Gasteiger partial charge in [-0.2, -0.15) is 5.26 Å². The lowest BCUT2D eigenvalue weighted by Crippen LogP contribution is -2.26. The molecule has 0 aliphatic rings. The molecular formula is C15H22N2. The molecule has 0 saturated carbocycles. The van der Waals surface area contributed by atoms with Crippen molar-refractivity contribution in [2.75, 3.05) is 6.54 Å². The minimum absolute atomic E-state index is 0.278.